The zero-order valence-electron chi connectivity index (χ0n) is 11.1. The molecule has 3 aliphatic carbocycles. The Morgan fingerprint density at radius 2 is 1.52 bits per heavy atom. The Kier molecular flexibility index (Phi) is 2.92. The Morgan fingerprint density at radius 1 is 0.952 bits per heavy atom. The number of carbonyl (C=O) groups excluding carboxylic acids is 2. The summed E-state index contributed by atoms with van der Waals surface area (Å²) in [5.41, 5.74) is 0.449. The van der Waals surface area contributed by atoms with Crippen molar-refractivity contribution in [3.8, 4) is 0 Å². The van der Waals surface area contributed by atoms with Gasteiger partial charge in [-0.15, -0.1) is 0 Å². The molecule has 2 fully saturated rings. The van der Waals surface area contributed by atoms with E-state index in [1.165, 1.54) is 4.90 Å². The third-order valence-electron chi connectivity index (χ3n) is 4.91. The Hall–Kier alpha value is -1.32. The number of fused-ring (bicyclic) bond motifs is 1. The van der Waals surface area contributed by atoms with Crippen LogP contribution in [0.5, 0.6) is 0 Å². The van der Waals surface area contributed by atoms with Gasteiger partial charge in [0.05, 0.1) is 22.5 Å². The van der Waals surface area contributed by atoms with Gasteiger partial charge in [0.1, 0.15) is 0 Å². The van der Waals surface area contributed by atoms with Crippen molar-refractivity contribution >= 4 is 40.7 Å². The Bertz CT molecular complexity index is 653. The van der Waals surface area contributed by atoms with Gasteiger partial charge in [0.25, 0.3) is 0 Å². The van der Waals surface area contributed by atoms with Crippen molar-refractivity contribution in [1.82, 2.24) is 0 Å². The first-order valence-electron chi connectivity index (χ1n) is 7.09. The number of amides is 2. The average molecular weight is 322 g/mol. The summed E-state index contributed by atoms with van der Waals surface area (Å²) in [7, 11) is 0. The van der Waals surface area contributed by atoms with Crippen molar-refractivity contribution in [2.75, 3.05) is 4.90 Å². The molecule has 5 rings (SSSR count). The van der Waals surface area contributed by atoms with Gasteiger partial charge in [-0.05, 0) is 42.9 Å². The van der Waals surface area contributed by atoms with Crippen LogP contribution in [0.4, 0.5) is 5.69 Å². The maximum absolute atomic E-state index is 12.8. The molecule has 5 heteroatoms. The highest BCUT2D eigenvalue weighted by atomic mass is 35.5. The number of hydrogen-bond acceptors (Lipinski definition) is 2. The van der Waals surface area contributed by atoms with E-state index in [2.05, 4.69) is 12.2 Å². The molecule has 1 aromatic rings. The van der Waals surface area contributed by atoms with E-state index >= 15 is 0 Å². The van der Waals surface area contributed by atoms with Crippen LogP contribution in [0.25, 0.3) is 0 Å². The topological polar surface area (TPSA) is 37.4 Å². The second-order valence-corrected chi connectivity index (χ2v) is 6.79. The molecule has 0 aromatic heterocycles. The van der Waals surface area contributed by atoms with Gasteiger partial charge in [0.2, 0.25) is 11.8 Å². The molecule has 0 spiro atoms. The number of carbonyl (C=O) groups is 2. The van der Waals surface area contributed by atoms with Gasteiger partial charge in [-0.1, -0.05) is 35.4 Å². The maximum atomic E-state index is 12.8. The quantitative estimate of drug-likeness (QED) is 0.584. The van der Waals surface area contributed by atoms with Crippen LogP contribution >= 0.6 is 23.2 Å². The molecule has 1 saturated carbocycles. The SMILES string of the molecule is O=C1C2C(C(=O)N1c1ccc(Cl)cc1Cl)[C@H]1C=C[C@@H]2CC1. The van der Waals surface area contributed by atoms with E-state index in [-0.39, 0.29) is 35.5 Å². The summed E-state index contributed by atoms with van der Waals surface area (Å²) in [6.07, 6.45) is 6.19. The maximum Gasteiger partial charge on any atom is 0.238 e. The van der Waals surface area contributed by atoms with E-state index in [0.29, 0.717) is 15.7 Å². The van der Waals surface area contributed by atoms with Gasteiger partial charge in [0, 0.05) is 5.02 Å². The first-order valence-corrected chi connectivity index (χ1v) is 7.84. The van der Waals surface area contributed by atoms with E-state index in [4.69, 9.17) is 23.2 Å². The van der Waals surface area contributed by atoms with Gasteiger partial charge < -0.3 is 0 Å². The lowest BCUT2D eigenvalue weighted by atomic mass is 9.63. The second kappa shape index (κ2) is 4.59. The van der Waals surface area contributed by atoms with E-state index in [1.54, 1.807) is 18.2 Å². The number of nitrogens with zero attached hydrogens (tertiary/aromatic N) is 1. The molecule has 4 atom stereocenters. The van der Waals surface area contributed by atoms with Crippen molar-refractivity contribution in [3.63, 3.8) is 0 Å². The molecule has 1 aromatic carbocycles. The number of rotatable bonds is 1. The van der Waals surface area contributed by atoms with Crippen LogP contribution in [0, 0.1) is 23.7 Å². The van der Waals surface area contributed by atoms with Crippen molar-refractivity contribution in [1.29, 1.82) is 0 Å². The molecule has 1 aliphatic heterocycles. The molecule has 0 radical (unpaired) electrons. The molecule has 21 heavy (non-hydrogen) atoms. The lowest BCUT2D eigenvalue weighted by Gasteiger charge is -2.38. The summed E-state index contributed by atoms with van der Waals surface area (Å²) in [6, 6.07) is 4.86. The van der Waals surface area contributed by atoms with Gasteiger partial charge in [-0.3, -0.25) is 9.59 Å². The minimum absolute atomic E-state index is 0.117. The van der Waals surface area contributed by atoms with Crippen LogP contribution < -0.4 is 4.90 Å². The molecule has 2 unspecified atom stereocenters. The van der Waals surface area contributed by atoms with Gasteiger partial charge in [-0.2, -0.15) is 0 Å². The number of hydrogen-bond donors (Lipinski definition) is 0. The summed E-state index contributed by atoms with van der Waals surface area (Å²) in [6.45, 7) is 0. The molecule has 108 valence electrons. The van der Waals surface area contributed by atoms with Crippen LogP contribution in [-0.2, 0) is 9.59 Å². The monoisotopic (exact) mass is 321 g/mol. The van der Waals surface area contributed by atoms with Gasteiger partial charge in [0.15, 0.2) is 0 Å². The molecule has 4 aliphatic rings. The molecule has 1 saturated heterocycles. The first-order chi connectivity index (χ1) is 10.1. The molecule has 2 amide bonds. The Labute approximate surface area is 132 Å². The van der Waals surface area contributed by atoms with Crippen molar-refractivity contribution in [2.45, 2.75) is 12.8 Å². The van der Waals surface area contributed by atoms with E-state index in [9.17, 15) is 9.59 Å². The predicted molar refractivity (Wildman–Crippen MR) is 81.3 cm³/mol. The van der Waals surface area contributed by atoms with Crippen LogP contribution in [0.15, 0.2) is 30.4 Å². The fraction of sp³-hybridized carbons (Fsp3) is 0.375. The summed E-state index contributed by atoms with van der Waals surface area (Å²) in [5.74, 6) is -0.289. The summed E-state index contributed by atoms with van der Waals surface area (Å²) < 4.78 is 0. The minimum atomic E-state index is -0.215. The van der Waals surface area contributed by atoms with Crippen molar-refractivity contribution < 1.29 is 9.59 Å². The van der Waals surface area contributed by atoms with Crippen LogP contribution in [-0.4, -0.2) is 11.8 Å². The zero-order chi connectivity index (χ0) is 14.7. The Morgan fingerprint density at radius 3 is 2.00 bits per heavy atom. The number of anilines is 1. The number of allylic oxidation sites excluding steroid dienone is 2. The third kappa shape index (κ3) is 1.80. The van der Waals surface area contributed by atoms with Gasteiger partial charge in [-0.25, -0.2) is 4.90 Å². The van der Waals surface area contributed by atoms with Crippen LogP contribution in [0.1, 0.15) is 12.8 Å². The predicted octanol–water partition coefficient (Wildman–Crippen LogP) is 3.70. The van der Waals surface area contributed by atoms with E-state index < -0.39 is 0 Å². The average Bonchev–Trinajstić information content (AvgIpc) is 2.75. The molecular weight excluding hydrogens is 309 g/mol. The molecule has 0 N–H and O–H groups in total. The molecular formula is C16H13Cl2NO2. The number of imide groups is 1. The molecule has 3 nitrogen and oxygen atoms in total. The fourth-order valence-corrected chi connectivity index (χ4v) is 4.47. The summed E-state index contributed by atoms with van der Waals surface area (Å²) >= 11 is 12.1. The van der Waals surface area contributed by atoms with Crippen molar-refractivity contribution in [2.24, 2.45) is 23.7 Å². The standard InChI is InChI=1S/C16H13Cl2NO2/c17-10-5-6-12(11(18)7-10)19-15(20)13-8-1-2-9(4-3-8)14(13)16(19)21/h1-2,5-9,13-14H,3-4H2/t8-,9+,13?,14?. The number of halogens is 2. The lowest BCUT2D eigenvalue weighted by Crippen LogP contribution is -2.38. The van der Waals surface area contributed by atoms with E-state index in [0.717, 1.165) is 12.8 Å². The van der Waals surface area contributed by atoms with E-state index in [1.807, 2.05) is 0 Å². The highest BCUT2D eigenvalue weighted by Gasteiger charge is 2.57. The number of benzene rings is 1. The third-order valence-corrected chi connectivity index (χ3v) is 5.45. The largest absolute Gasteiger partial charge is 0.274 e. The second-order valence-electron chi connectivity index (χ2n) is 5.95. The smallest absolute Gasteiger partial charge is 0.238 e. The highest BCUT2D eigenvalue weighted by Crippen LogP contribution is 2.51. The fourth-order valence-electron chi connectivity index (χ4n) is 3.97. The lowest BCUT2D eigenvalue weighted by molar-refractivity contribution is -0.124. The van der Waals surface area contributed by atoms with Crippen LogP contribution in [0.3, 0.4) is 0 Å². The molecule has 2 bridgehead atoms. The zero-order valence-corrected chi connectivity index (χ0v) is 12.6. The van der Waals surface area contributed by atoms with Gasteiger partial charge >= 0.3 is 0 Å². The summed E-state index contributed by atoms with van der Waals surface area (Å²) in [4.78, 5) is 26.8. The highest BCUT2D eigenvalue weighted by molar-refractivity contribution is 6.38. The Balaban J connectivity index is 1.78. The minimum Gasteiger partial charge on any atom is -0.274 e. The summed E-state index contributed by atoms with van der Waals surface area (Å²) in [5, 5.41) is 0.824. The molecule has 1 heterocycles. The first kappa shape index (κ1) is 13.4. The normalized spacial score (nSPS) is 33.7. The van der Waals surface area contributed by atoms with Crippen LogP contribution in [0.2, 0.25) is 10.0 Å². The van der Waals surface area contributed by atoms with Crippen molar-refractivity contribution in [3.05, 3.63) is 40.4 Å².